The number of rotatable bonds is 13. The summed E-state index contributed by atoms with van der Waals surface area (Å²) < 4.78 is 12.1. The molecule has 3 heterocycles. The minimum atomic E-state index is -1.18. The third kappa shape index (κ3) is 4.93. The van der Waals surface area contributed by atoms with Crippen LogP contribution in [0.4, 0.5) is 0 Å². The highest BCUT2D eigenvalue weighted by atomic mass is 16.6. The van der Waals surface area contributed by atoms with Crippen molar-refractivity contribution in [3.8, 4) is 0 Å². The van der Waals surface area contributed by atoms with Gasteiger partial charge in [-0.15, -0.1) is 6.58 Å². The number of hydrogen-bond donors (Lipinski definition) is 1. The average Bonchev–Trinajstić information content (AvgIpc) is 3.50. The molecule has 0 aliphatic carbocycles. The van der Waals surface area contributed by atoms with Crippen LogP contribution in [0.15, 0.2) is 55.6 Å². The Kier molecular flexibility index (Phi) is 8.66. The lowest BCUT2D eigenvalue weighted by molar-refractivity contribution is -0.161. The number of amides is 2. The van der Waals surface area contributed by atoms with Crippen molar-refractivity contribution in [3.63, 3.8) is 0 Å². The highest BCUT2D eigenvalue weighted by Crippen LogP contribution is 2.63. The first-order valence-corrected chi connectivity index (χ1v) is 14.0. The Morgan fingerprint density at radius 3 is 2.59 bits per heavy atom. The number of benzene rings is 1. The van der Waals surface area contributed by atoms with Crippen molar-refractivity contribution in [1.82, 2.24) is 9.80 Å². The summed E-state index contributed by atoms with van der Waals surface area (Å²) >= 11 is 0. The molecule has 3 fully saturated rings. The SMILES string of the molecule is C=CCOC(=O)[C@@H]1[C@H]2C(=O)N([C@@H](CO)Cc3ccccc3)C(C(=O)N(CC=C)C(C)CCC)C23CC[C@@]1(C)O3. The maximum Gasteiger partial charge on any atom is 0.313 e. The van der Waals surface area contributed by atoms with Gasteiger partial charge >= 0.3 is 5.97 Å². The smallest absolute Gasteiger partial charge is 0.313 e. The first-order valence-electron chi connectivity index (χ1n) is 14.0. The Hall–Kier alpha value is -2.97. The predicted octanol–water partition coefficient (Wildman–Crippen LogP) is 3.29. The van der Waals surface area contributed by atoms with Crippen LogP contribution in [0.3, 0.4) is 0 Å². The monoisotopic (exact) mass is 538 g/mol. The van der Waals surface area contributed by atoms with Gasteiger partial charge in [0.2, 0.25) is 11.8 Å². The molecule has 3 aliphatic rings. The minimum absolute atomic E-state index is 0.0281. The van der Waals surface area contributed by atoms with Gasteiger partial charge in [-0.3, -0.25) is 14.4 Å². The van der Waals surface area contributed by atoms with Crippen molar-refractivity contribution in [2.45, 2.75) is 82.2 Å². The molecule has 0 aromatic heterocycles. The Balaban J connectivity index is 1.81. The van der Waals surface area contributed by atoms with Crippen LogP contribution in [-0.4, -0.2) is 81.8 Å². The molecular weight excluding hydrogens is 496 g/mol. The molecule has 39 heavy (non-hydrogen) atoms. The topological polar surface area (TPSA) is 96.4 Å². The molecule has 3 aliphatic heterocycles. The summed E-state index contributed by atoms with van der Waals surface area (Å²) in [6, 6.07) is 7.86. The van der Waals surface area contributed by atoms with Crippen molar-refractivity contribution in [1.29, 1.82) is 0 Å². The fraction of sp³-hybridized carbons (Fsp3) is 0.581. The van der Waals surface area contributed by atoms with Crippen LogP contribution in [0.5, 0.6) is 0 Å². The number of nitrogens with zero attached hydrogens (tertiary/aromatic N) is 2. The maximum atomic E-state index is 14.6. The summed E-state index contributed by atoms with van der Waals surface area (Å²) in [6.45, 7) is 13.4. The molecule has 8 nitrogen and oxygen atoms in total. The number of ether oxygens (including phenoxy) is 2. The Labute approximate surface area is 231 Å². The number of carbonyl (C=O) groups excluding carboxylic acids is 3. The van der Waals surface area contributed by atoms with Gasteiger partial charge in [0, 0.05) is 12.6 Å². The van der Waals surface area contributed by atoms with Crippen molar-refractivity contribution >= 4 is 17.8 Å². The van der Waals surface area contributed by atoms with E-state index in [2.05, 4.69) is 20.1 Å². The van der Waals surface area contributed by atoms with Crippen LogP contribution in [0, 0.1) is 11.8 Å². The molecule has 7 atom stereocenters. The summed E-state index contributed by atoms with van der Waals surface area (Å²) in [6.07, 6.45) is 6.22. The predicted molar refractivity (Wildman–Crippen MR) is 148 cm³/mol. The molecule has 2 amide bonds. The molecule has 2 bridgehead atoms. The highest BCUT2D eigenvalue weighted by Gasteiger charge is 2.79. The molecule has 212 valence electrons. The quantitative estimate of drug-likeness (QED) is 0.306. The van der Waals surface area contributed by atoms with E-state index in [1.807, 2.05) is 44.2 Å². The molecule has 8 heteroatoms. The van der Waals surface area contributed by atoms with Gasteiger partial charge in [0.1, 0.15) is 24.2 Å². The molecule has 1 aromatic carbocycles. The van der Waals surface area contributed by atoms with Gasteiger partial charge in [0.15, 0.2) is 0 Å². The molecule has 0 saturated carbocycles. The van der Waals surface area contributed by atoms with Crippen LogP contribution < -0.4 is 0 Å². The number of hydrogen-bond acceptors (Lipinski definition) is 6. The first kappa shape index (κ1) is 29.0. The summed E-state index contributed by atoms with van der Waals surface area (Å²) in [4.78, 5) is 45.6. The fourth-order valence-electron chi connectivity index (χ4n) is 7.12. The molecule has 1 N–H and O–H groups in total. The van der Waals surface area contributed by atoms with Crippen LogP contribution in [0.1, 0.15) is 52.0 Å². The molecule has 3 unspecified atom stereocenters. The highest BCUT2D eigenvalue weighted by molar-refractivity contribution is 5.99. The van der Waals surface area contributed by atoms with Crippen LogP contribution in [-0.2, 0) is 30.3 Å². The van der Waals surface area contributed by atoms with E-state index in [9.17, 15) is 19.5 Å². The standard InChI is InChI=1S/C31H42N2O6/c1-6-12-21(4)32(17-7-2)28(36)26-31-16-15-30(5,39-31)25(29(37)38-18-8-3)24(31)27(35)33(26)23(20-34)19-22-13-10-9-11-14-22/h7-11,13-14,21,23-26,34H,2-3,6,12,15-20H2,1,4-5H3/t21?,23-,24+,25+,26?,30-,31?/m1/s1. The van der Waals surface area contributed by atoms with Crippen LogP contribution in [0.25, 0.3) is 0 Å². The van der Waals surface area contributed by atoms with E-state index in [0.717, 1.165) is 18.4 Å². The zero-order valence-electron chi connectivity index (χ0n) is 23.4. The van der Waals surface area contributed by atoms with Gasteiger partial charge in [-0.2, -0.15) is 0 Å². The zero-order valence-corrected chi connectivity index (χ0v) is 23.4. The van der Waals surface area contributed by atoms with Gasteiger partial charge in [0.25, 0.3) is 0 Å². The summed E-state index contributed by atoms with van der Waals surface area (Å²) in [5, 5.41) is 10.6. The van der Waals surface area contributed by atoms with E-state index >= 15 is 0 Å². The molecule has 1 spiro atoms. The van der Waals surface area contributed by atoms with E-state index < -0.39 is 41.1 Å². The Bertz CT molecular complexity index is 1090. The summed E-state index contributed by atoms with van der Waals surface area (Å²) in [7, 11) is 0. The van der Waals surface area contributed by atoms with E-state index in [4.69, 9.17) is 9.47 Å². The Morgan fingerprint density at radius 2 is 1.97 bits per heavy atom. The van der Waals surface area contributed by atoms with E-state index in [-0.39, 0.29) is 31.1 Å². The van der Waals surface area contributed by atoms with E-state index in [0.29, 0.717) is 25.8 Å². The van der Waals surface area contributed by atoms with Gasteiger partial charge in [-0.25, -0.2) is 0 Å². The fourth-order valence-corrected chi connectivity index (χ4v) is 7.12. The third-order valence-corrected chi connectivity index (χ3v) is 8.81. The number of fused-ring (bicyclic) bond motifs is 1. The van der Waals surface area contributed by atoms with Gasteiger partial charge in [-0.05, 0) is 45.1 Å². The van der Waals surface area contributed by atoms with E-state index in [1.165, 1.54) is 11.0 Å². The maximum absolute atomic E-state index is 14.6. The van der Waals surface area contributed by atoms with Crippen molar-refractivity contribution in [2.24, 2.45) is 11.8 Å². The average molecular weight is 539 g/mol. The molecule has 4 rings (SSSR count). The minimum Gasteiger partial charge on any atom is -0.461 e. The van der Waals surface area contributed by atoms with Crippen molar-refractivity contribution in [2.75, 3.05) is 19.8 Å². The molecule has 0 radical (unpaired) electrons. The zero-order chi connectivity index (χ0) is 28.4. The number of likely N-dealkylation sites (tertiary alicyclic amines) is 1. The first-order chi connectivity index (χ1) is 18.7. The third-order valence-electron chi connectivity index (χ3n) is 8.81. The lowest BCUT2D eigenvalue weighted by Crippen LogP contribution is -2.60. The lowest BCUT2D eigenvalue weighted by atomic mass is 9.66. The molecular formula is C31H42N2O6. The van der Waals surface area contributed by atoms with Gasteiger partial charge < -0.3 is 24.4 Å². The van der Waals surface area contributed by atoms with Crippen molar-refractivity contribution in [3.05, 3.63) is 61.2 Å². The Morgan fingerprint density at radius 1 is 1.26 bits per heavy atom. The largest absolute Gasteiger partial charge is 0.461 e. The normalized spacial score (nSPS) is 30.5. The van der Waals surface area contributed by atoms with Gasteiger partial charge in [0.05, 0.1) is 24.2 Å². The second-order valence-corrected chi connectivity index (χ2v) is 11.3. The number of aliphatic hydroxyl groups excluding tert-OH is 1. The number of esters is 1. The second-order valence-electron chi connectivity index (χ2n) is 11.3. The second kappa shape index (κ2) is 11.6. The number of aliphatic hydroxyl groups is 1. The molecule has 3 saturated heterocycles. The van der Waals surface area contributed by atoms with Gasteiger partial charge in [-0.1, -0.05) is 62.4 Å². The summed E-state index contributed by atoms with van der Waals surface area (Å²) in [5.41, 5.74) is -1.17. The summed E-state index contributed by atoms with van der Waals surface area (Å²) in [5.74, 6) is -2.82. The van der Waals surface area contributed by atoms with Crippen LogP contribution in [0.2, 0.25) is 0 Å². The van der Waals surface area contributed by atoms with Crippen molar-refractivity contribution < 1.29 is 29.0 Å². The molecule has 1 aromatic rings. The van der Waals surface area contributed by atoms with E-state index in [1.54, 1.807) is 11.0 Å². The lowest BCUT2D eigenvalue weighted by Gasteiger charge is -2.41. The van der Waals surface area contributed by atoms with Crippen LogP contribution >= 0.6 is 0 Å². The number of carbonyl (C=O) groups is 3.